The molecule has 1 aromatic rings. The van der Waals surface area contributed by atoms with Gasteiger partial charge in [-0.25, -0.2) is 0 Å². The average molecular weight is 380 g/mol. The summed E-state index contributed by atoms with van der Waals surface area (Å²) in [5.74, 6) is -0.0703. The Morgan fingerprint density at radius 1 is 1.08 bits per heavy atom. The Kier molecular flexibility index (Phi) is 7.19. The summed E-state index contributed by atoms with van der Waals surface area (Å²) in [5, 5.41) is 0. The topological polar surface area (TPSA) is 32.8 Å². The van der Waals surface area contributed by atoms with Crippen LogP contribution < -0.4 is 4.74 Å². The molecule has 0 saturated carbocycles. The lowest BCUT2D eigenvalue weighted by molar-refractivity contribution is -0.145. The van der Waals surface area contributed by atoms with Gasteiger partial charge in [-0.2, -0.15) is 22.0 Å². The first-order valence-corrected chi connectivity index (χ1v) is 8.33. The second-order valence-corrected chi connectivity index (χ2v) is 6.15. The number of halogens is 5. The number of amides is 1. The fourth-order valence-corrected chi connectivity index (χ4v) is 2.88. The number of hydrogen-bond acceptors (Lipinski definition) is 3. The van der Waals surface area contributed by atoms with Gasteiger partial charge in [0.05, 0.1) is 6.54 Å². The minimum Gasteiger partial charge on any atom is -0.435 e. The Morgan fingerprint density at radius 3 is 2.38 bits per heavy atom. The lowest BCUT2D eigenvalue weighted by atomic mass is 10.1. The Labute approximate surface area is 148 Å². The Balaban J connectivity index is 1.79. The van der Waals surface area contributed by atoms with Crippen LogP contribution in [0.25, 0.3) is 0 Å². The number of rotatable bonds is 6. The summed E-state index contributed by atoms with van der Waals surface area (Å²) in [5.41, 5.74) is 0.800. The van der Waals surface area contributed by atoms with Gasteiger partial charge in [-0.15, -0.1) is 0 Å². The Hall–Kier alpha value is -1.90. The van der Waals surface area contributed by atoms with Crippen LogP contribution in [0.4, 0.5) is 22.0 Å². The smallest absolute Gasteiger partial charge is 0.401 e. The Morgan fingerprint density at radius 2 is 1.77 bits per heavy atom. The molecule has 26 heavy (non-hydrogen) atoms. The molecule has 2 rings (SSSR count). The molecule has 1 saturated heterocycles. The van der Waals surface area contributed by atoms with Crippen LogP contribution in [0.1, 0.15) is 18.4 Å². The number of nitrogens with zero attached hydrogens (tertiary/aromatic N) is 2. The van der Waals surface area contributed by atoms with E-state index in [-0.39, 0.29) is 31.2 Å². The van der Waals surface area contributed by atoms with E-state index in [4.69, 9.17) is 0 Å². The van der Waals surface area contributed by atoms with E-state index in [2.05, 4.69) is 4.74 Å². The number of alkyl halides is 5. The number of ether oxygens (including phenoxy) is 1. The highest BCUT2D eigenvalue weighted by Gasteiger charge is 2.31. The van der Waals surface area contributed by atoms with Crippen molar-refractivity contribution < 1.29 is 31.5 Å². The molecule has 0 aromatic heterocycles. The molecule has 1 aliphatic rings. The van der Waals surface area contributed by atoms with Gasteiger partial charge >= 0.3 is 12.8 Å². The molecule has 1 heterocycles. The van der Waals surface area contributed by atoms with Gasteiger partial charge in [0.25, 0.3) is 0 Å². The first-order valence-electron chi connectivity index (χ1n) is 8.33. The zero-order chi connectivity index (χ0) is 19.2. The van der Waals surface area contributed by atoms with Gasteiger partial charge in [-0.05, 0) is 30.5 Å². The molecule has 4 nitrogen and oxygen atoms in total. The molecule has 0 bridgehead atoms. The third kappa shape index (κ3) is 7.15. The predicted octanol–water partition coefficient (Wildman–Crippen LogP) is 3.32. The maximum absolute atomic E-state index is 12.5. The summed E-state index contributed by atoms with van der Waals surface area (Å²) in [7, 11) is 0. The van der Waals surface area contributed by atoms with Crippen molar-refractivity contribution in [3.63, 3.8) is 0 Å². The van der Waals surface area contributed by atoms with E-state index in [1.165, 1.54) is 17.0 Å². The van der Waals surface area contributed by atoms with E-state index in [0.29, 0.717) is 25.9 Å². The van der Waals surface area contributed by atoms with Gasteiger partial charge in [-0.1, -0.05) is 12.1 Å². The third-order valence-corrected chi connectivity index (χ3v) is 4.12. The second-order valence-electron chi connectivity index (χ2n) is 6.15. The van der Waals surface area contributed by atoms with E-state index in [0.717, 1.165) is 5.56 Å². The van der Waals surface area contributed by atoms with Crippen LogP contribution >= 0.6 is 0 Å². The average Bonchev–Trinajstić information content (AvgIpc) is 2.77. The molecule has 1 aliphatic heterocycles. The van der Waals surface area contributed by atoms with Crippen molar-refractivity contribution in [3.05, 3.63) is 29.8 Å². The first-order chi connectivity index (χ1) is 12.2. The highest BCUT2D eigenvalue weighted by atomic mass is 19.4. The lowest BCUT2D eigenvalue weighted by Gasteiger charge is -2.22. The fourth-order valence-electron chi connectivity index (χ4n) is 2.88. The maximum Gasteiger partial charge on any atom is 0.401 e. The van der Waals surface area contributed by atoms with Crippen LogP contribution in [-0.4, -0.2) is 61.2 Å². The summed E-state index contributed by atoms with van der Waals surface area (Å²) in [4.78, 5) is 15.2. The molecule has 0 radical (unpaired) electrons. The SMILES string of the molecule is O=C(CCc1ccc(OC(F)F)cc1)N1CCCN(CC(F)(F)F)CC1. The predicted molar refractivity (Wildman–Crippen MR) is 85.1 cm³/mol. The van der Waals surface area contributed by atoms with Crippen molar-refractivity contribution in [2.24, 2.45) is 0 Å². The molecular formula is C17H21F5N2O2. The van der Waals surface area contributed by atoms with Crippen LogP contribution in [0.2, 0.25) is 0 Å². The van der Waals surface area contributed by atoms with Crippen molar-refractivity contribution in [2.45, 2.75) is 32.1 Å². The summed E-state index contributed by atoms with van der Waals surface area (Å²) in [6.07, 6.45) is -3.09. The molecule has 0 spiro atoms. The molecular weight excluding hydrogens is 359 g/mol. The second kappa shape index (κ2) is 9.16. The molecule has 0 aliphatic carbocycles. The molecule has 1 amide bonds. The normalized spacial score (nSPS) is 16.6. The van der Waals surface area contributed by atoms with Crippen molar-refractivity contribution >= 4 is 5.91 Å². The van der Waals surface area contributed by atoms with E-state index in [1.807, 2.05) is 0 Å². The molecule has 9 heteroatoms. The van der Waals surface area contributed by atoms with Crippen molar-refractivity contribution in [1.82, 2.24) is 9.80 Å². The summed E-state index contributed by atoms with van der Waals surface area (Å²) < 4.78 is 65.8. The Bertz CT molecular complexity index is 578. The zero-order valence-corrected chi connectivity index (χ0v) is 14.1. The van der Waals surface area contributed by atoms with Crippen molar-refractivity contribution in [2.75, 3.05) is 32.7 Å². The van der Waals surface area contributed by atoms with Crippen molar-refractivity contribution in [1.29, 1.82) is 0 Å². The van der Waals surface area contributed by atoms with E-state index < -0.39 is 19.3 Å². The van der Waals surface area contributed by atoms with Gasteiger partial charge in [0.15, 0.2) is 0 Å². The van der Waals surface area contributed by atoms with Gasteiger partial charge in [0.1, 0.15) is 5.75 Å². The molecule has 0 atom stereocenters. The largest absolute Gasteiger partial charge is 0.435 e. The number of hydrogen-bond donors (Lipinski definition) is 0. The summed E-state index contributed by atoms with van der Waals surface area (Å²) >= 11 is 0. The quantitative estimate of drug-likeness (QED) is 0.710. The fraction of sp³-hybridized carbons (Fsp3) is 0.588. The standard InChI is InChI=1S/C17H21F5N2O2/c18-16(19)26-14-5-2-13(3-6-14)4-7-15(25)24-9-1-8-23(10-11-24)12-17(20,21)22/h2-3,5-6,16H,1,4,7-12H2. The highest BCUT2D eigenvalue weighted by Crippen LogP contribution is 2.18. The third-order valence-electron chi connectivity index (χ3n) is 4.12. The van der Waals surface area contributed by atoms with Crippen LogP contribution in [0.3, 0.4) is 0 Å². The number of carbonyl (C=O) groups is 1. The zero-order valence-electron chi connectivity index (χ0n) is 14.1. The highest BCUT2D eigenvalue weighted by molar-refractivity contribution is 5.76. The van der Waals surface area contributed by atoms with Gasteiger partial charge in [0, 0.05) is 32.6 Å². The minimum atomic E-state index is -4.24. The number of aryl methyl sites for hydroxylation is 1. The monoisotopic (exact) mass is 380 g/mol. The van der Waals surface area contributed by atoms with E-state index in [1.54, 1.807) is 17.0 Å². The van der Waals surface area contributed by atoms with E-state index in [9.17, 15) is 26.7 Å². The summed E-state index contributed by atoms with van der Waals surface area (Å²) in [6.45, 7) is -2.62. The van der Waals surface area contributed by atoms with Gasteiger partial charge in [-0.3, -0.25) is 9.69 Å². The number of carbonyl (C=O) groups excluding carboxylic acids is 1. The molecule has 0 N–H and O–H groups in total. The van der Waals surface area contributed by atoms with Gasteiger partial charge in [0.2, 0.25) is 5.91 Å². The molecule has 1 fully saturated rings. The van der Waals surface area contributed by atoms with Crippen LogP contribution in [-0.2, 0) is 11.2 Å². The molecule has 1 aromatic carbocycles. The van der Waals surface area contributed by atoms with Gasteiger partial charge < -0.3 is 9.64 Å². The number of benzene rings is 1. The van der Waals surface area contributed by atoms with Crippen LogP contribution in [0.15, 0.2) is 24.3 Å². The van der Waals surface area contributed by atoms with Crippen LogP contribution in [0, 0.1) is 0 Å². The first kappa shape index (κ1) is 20.4. The lowest BCUT2D eigenvalue weighted by Crippen LogP contribution is -2.38. The van der Waals surface area contributed by atoms with Crippen LogP contribution in [0.5, 0.6) is 5.75 Å². The molecule has 0 unspecified atom stereocenters. The minimum absolute atomic E-state index is 0.0485. The summed E-state index contributed by atoms with van der Waals surface area (Å²) in [6, 6.07) is 6.04. The van der Waals surface area contributed by atoms with E-state index >= 15 is 0 Å². The maximum atomic E-state index is 12.5. The molecule has 146 valence electrons. The van der Waals surface area contributed by atoms with Crippen molar-refractivity contribution in [3.8, 4) is 5.75 Å².